The molecule has 120 valence electrons. The molecule has 0 aliphatic carbocycles. The van der Waals surface area contributed by atoms with Crippen molar-refractivity contribution >= 4 is 15.9 Å². The van der Waals surface area contributed by atoms with Crippen LogP contribution in [-0.2, 0) is 6.54 Å². The van der Waals surface area contributed by atoms with Crippen molar-refractivity contribution in [2.24, 2.45) is 0 Å². The molecule has 2 aromatic carbocycles. The largest absolute Gasteiger partial charge is 0.488 e. The van der Waals surface area contributed by atoms with Crippen LogP contribution in [0.1, 0.15) is 12.0 Å². The van der Waals surface area contributed by atoms with E-state index in [1.165, 1.54) is 17.2 Å². The van der Waals surface area contributed by atoms with Crippen molar-refractivity contribution in [2.45, 2.75) is 13.0 Å². The summed E-state index contributed by atoms with van der Waals surface area (Å²) in [7, 11) is 0. The summed E-state index contributed by atoms with van der Waals surface area (Å²) < 4.78 is 19.6. The number of rotatable bonds is 5. The minimum atomic E-state index is -0.297. The molecule has 2 nitrogen and oxygen atoms in total. The van der Waals surface area contributed by atoms with Crippen LogP contribution in [0.5, 0.6) is 5.75 Å². The fourth-order valence-electron chi connectivity index (χ4n) is 2.64. The zero-order valence-electron chi connectivity index (χ0n) is 12.8. The van der Waals surface area contributed by atoms with E-state index in [4.69, 9.17) is 4.74 Å². The minimum Gasteiger partial charge on any atom is -0.488 e. The Bertz CT molecular complexity index is 687. The molecule has 0 saturated carbocycles. The molecule has 0 aromatic heterocycles. The highest BCUT2D eigenvalue weighted by Crippen LogP contribution is 2.28. The summed E-state index contributed by atoms with van der Waals surface area (Å²) in [6.45, 7) is 3.44. The van der Waals surface area contributed by atoms with E-state index in [9.17, 15) is 4.39 Å². The van der Waals surface area contributed by atoms with Gasteiger partial charge in [0.25, 0.3) is 0 Å². The van der Waals surface area contributed by atoms with Crippen LogP contribution in [-0.4, -0.2) is 24.6 Å². The van der Waals surface area contributed by atoms with E-state index in [2.05, 4.69) is 51.2 Å². The van der Waals surface area contributed by atoms with Gasteiger partial charge in [0.1, 0.15) is 18.2 Å². The van der Waals surface area contributed by atoms with E-state index in [-0.39, 0.29) is 5.82 Å². The molecular formula is C19H19BrFNO. The number of ether oxygens (including phenoxy) is 1. The lowest BCUT2D eigenvalue weighted by molar-refractivity contribution is 0.269. The first-order chi connectivity index (χ1) is 11.2. The molecule has 1 aliphatic heterocycles. The molecule has 0 amide bonds. The Morgan fingerprint density at radius 2 is 1.91 bits per heavy atom. The van der Waals surface area contributed by atoms with Gasteiger partial charge < -0.3 is 4.74 Å². The average molecular weight is 376 g/mol. The summed E-state index contributed by atoms with van der Waals surface area (Å²) >= 11 is 3.22. The second-order valence-electron chi connectivity index (χ2n) is 5.67. The van der Waals surface area contributed by atoms with Crippen LogP contribution in [0.15, 0.2) is 64.7 Å². The third kappa shape index (κ3) is 4.43. The Balaban J connectivity index is 1.52. The Hall–Kier alpha value is -1.65. The zero-order valence-corrected chi connectivity index (χ0v) is 14.4. The van der Waals surface area contributed by atoms with Crippen molar-refractivity contribution in [2.75, 3.05) is 19.7 Å². The van der Waals surface area contributed by atoms with Crippen LogP contribution in [0.25, 0.3) is 0 Å². The lowest BCUT2D eigenvalue weighted by atomic mass is 10.1. The lowest BCUT2D eigenvalue weighted by Crippen LogP contribution is -2.29. The van der Waals surface area contributed by atoms with Gasteiger partial charge in [-0.15, -0.1) is 0 Å². The number of benzene rings is 2. The number of hydrogen-bond acceptors (Lipinski definition) is 2. The maximum Gasteiger partial charge on any atom is 0.141 e. The number of halogens is 2. The van der Waals surface area contributed by atoms with Gasteiger partial charge in [0, 0.05) is 19.6 Å². The predicted molar refractivity (Wildman–Crippen MR) is 94.0 cm³/mol. The van der Waals surface area contributed by atoms with E-state index in [0.29, 0.717) is 16.8 Å². The predicted octanol–water partition coefficient (Wildman–Crippen LogP) is 4.80. The Morgan fingerprint density at radius 3 is 2.65 bits per heavy atom. The van der Waals surface area contributed by atoms with Crippen molar-refractivity contribution in [1.82, 2.24) is 4.90 Å². The molecule has 23 heavy (non-hydrogen) atoms. The topological polar surface area (TPSA) is 12.5 Å². The fourth-order valence-corrected chi connectivity index (χ4v) is 3.01. The van der Waals surface area contributed by atoms with Crippen molar-refractivity contribution < 1.29 is 9.13 Å². The van der Waals surface area contributed by atoms with E-state index >= 15 is 0 Å². The maximum absolute atomic E-state index is 13.5. The van der Waals surface area contributed by atoms with Gasteiger partial charge >= 0.3 is 0 Å². The van der Waals surface area contributed by atoms with E-state index in [1.807, 2.05) is 6.07 Å². The molecule has 3 rings (SSSR count). The first kappa shape index (κ1) is 16.2. The molecule has 0 bridgehead atoms. The SMILES string of the molecule is Fc1cccc(OCC2=CCN(Cc3ccccc3)CC2)c1Br. The van der Waals surface area contributed by atoms with Gasteiger partial charge in [0.05, 0.1) is 4.47 Å². The van der Waals surface area contributed by atoms with E-state index in [0.717, 1.165) is 26.1 Å². The van der Waals surface area contributed by atoms with Gasteiger partial charge in [0.2, 0.25) is 0 Å². The molecule has 0 N–H and O–H groups in total. The first-order valence-corrected chi connectivity index (χ1v) is 8.52. The molecule has 0 saturated heterocycles. The summed E-state index contributed by atoms with van der Waals surface area (Å²) in [6.07, 6.45) is 3.21. The quantitative estimate of drug-likeness (QED) is 0.696. The van der Waals surface area contributed by atoms with Crippen LogP contribution in [0.2, 0.25) is 0 Å². The molecule has 1 aliphatic rings. The molecular weight excluding hydrogens is 357 g/mol. The summed E-state index contributed by atoms with van der Waals surface area (Å²) in [5.41, 5.74) is 2.61. The summed E-state index contributed by atoms with van der Waals surface area (Å²) in [4.78, 5) is 2.41. The first-order valence-electron chi connectivity index (χ1n) is 7.73. The molecule has 1 heterocycles. The van der Waals surface area contributed by atoms with Gasteiger partial charge in [-0.3, -0.25) is 4.90 Å². The zero-order chi connectivity index (χ0) is 16.1. The average Bonchev–Trinajstić information content (AvgIpc) is 2.58. The van der Waals surface area contributed by atoms with Crippen LogP contribution in [0, 0.1) is 5.82 Å². The third-order valence-corrected chi connectivity index (χ3v) is 4.74. The van der Waals surface area contributed by atoms with Crippen LogP contribution in [0.4, 0.5) is 4.39 Å². The van der Waals surface area contributed by atoms with Gasteiger partial charge in [-0.2, -0.15) is 0 Å². The van der Waals surface area contributed by atoms with Crippen molar-refractivity contribution in [1.29, 1.82) is 0 Å². The van der Waals surface area contributed by atoms with E-state index < -0.39 is 0 Å². The van der Waals surface area contributed by atoms with Crippen molar-refractivity contribution in [3.8, 4) is 5.75 Å². The highest BCUT2D eigenvalue weighted by molar-refractivity contribution is 9.10. The molecule has 0 fully saturated rings. The summed E-state index contributed by atoms with van der Waals surface area (Å²) in [5, 5.41) is 0. The fraction of sp³-hybridized carbons (Fsp3) is 0.263. The molecule has 0 unspecified atom stereocenters. The summed E-state index contributed by atoms with van der Waals surface area (Å²) in [5.74, 6) is 0.256. The van der Waals surface area contributed by atoms with Crippen LogP contribution in [0.3, 0.4) is 0 Å². The highest BCUT2D eigenvalue weighted by Gasteiger charge is 2.13. The Morgan fingerprint density at radius 1 is 1.09 bits per heavy atom. The molecule has 0 radical (unpaired) electrons. The van der Waals surface area contributed by atoms with Gasteiger partial charge in [0.15, 0.2) is 0 Å². The van der Waals surface area contributed by atoms with E-state index in [1.54, 1.807) is 12.1 Å². The second-order valence-corrected chi connectivity index (χ2v) is 6.47. The monoisotopic (exact) mass is 375 g/mol. The Kier molecular flexibility index (Phi) is 5.47. The minimum absolute atomic E-state index is 0.297. The maximum atomic E-state index is 13.5. The van der Waals surface area contributed by atoms with Gasteiger partial charge in [-0.25, -0.2) is 4.39 Å². The third-order valence-electron chi connectivity index (χ3n) is 3.97. The Labute approximate surface area is 144 Å². The van der Waals surface area contributed by atoms with Crippen molar-refractivity contribution in [3.05, 3.63) is 76.0 Å². The molecule has 0 spiro atoms. The summed E-state index contributed by atoms with van der Waals surface area (Å²) in [6, 6.07) is 15.4. The van der Waals surface area contributed by atoms with Gasteiger partial charge in [-0.05, 0) is 45.6 Å². The normalized spacial score (nSPS) is 15.3. The van der Waals surface area contributed by atoms with Crippen LogP contribution >= 0.6 is 15.9 Å². The smallest absolute Gasteiger partial charge is 0.141 e. The number of hydrogen-bond donors (Lipinski definition) is 0. The molecule has 2 aromatic rings. The number of nitrogens with zero attached hydrogens (tertiary/aromatic N) is 1. The van der Waals surface area contributed by atoms with Crippen molar-refractivity contribution in [3.63, 3.8) is 0 Å². The lowest BCUT2D eigenvalue weighted by Gasteiger charge is -2.26. The van der Waals surface area contributed by atoms with Crippen LogP contribution < -0.4 is 4.74 Å². The standard InChI is InChI=1S/C19H19BrFNO/c20-19-17(21)7-4-8-18(19)23-14-16-9-11-22(12-10-16)13-15-5-2-1-3-6-15/h1-9H,10-14H2. The second kappa shape index (κ2) is 7.75. The van der Waals surface area contributed by atoms with Gasteiger partial charge in [-0.1, -0.05) is 42.5 Å². The molecule has 0 atom stereocenters. The highest BCUT2D eigenvalue weighted by atomic mass is 79.9. The molecule has 4 heteroatoms.